The summed E-state index contributed by atoms with van der Waals surface area (Å²) in [6.07, 6.45) is -23.2. The highest BCUT2D eigenvalue weighted by Crippen LogP contribution is 2.41. The van der Waals surface area contributed by atoms with Crippen molar-refractivity contribution in [2.24, 2.45) is 0 Å². The lowest BCUT2D eigenvalue weighted by atomic mass is 9.96. The maximum absolute atomic E-state index is 14.6. The van der Waals surface area contributed by atoms with E-state index in [1.54, 1.807) is 0 Å². The maximum atomic E-state index is 14.6. The number of aliphatic hydroxyl groups is 6. The molecule has 4 heterocycles. The number of hydrogen-bond acceptors (Lipinski definition) is 25. The summed E-state index contributed by atoms with van der Waals surface area (Å²) in [5.74, 6) is -7.38. The van der Waals surface area contributed by atoms with Crippen LogP contribution in [0.3, 0.4) is 0 Å². The number of carbonyl (C=O) groups excluding carboxylic acids is 2. The second kappa shape index (κ2) is 22.7. The normalized spacial score (nSPS) is 29.9. The standard InChI is InChI=1S/C51H52O25/c1-20-37(61)40(64)42(66)49(69-20)68-19-33-38(62)46(74-35(60)13-6-22-3-9-25(52)10-4-22)48(76-50-43(67)41(65)44(21(2)70-50)73-34(59)14-7-23-5-11-27(54)29(56)15-23)51(72-33)75-47-39(63)36-31(58)17-26(53)18-32(36)71-45(47)24-8-12-28(55)30(57)16-24/h3-18,20-21,33,37-38,40-44,46,48-58,61-62,64-67H,19H2,1-2H3/b13-6+,14-7+/t20-,21-,33-,37-,38+,40+,41-,42+,43+,44-,46+,48-,49+,50-,51+/m1/s1. The van der Waals surface area contributed by atoms with Gasteiger partial charge < -0.3 is 109 Å². The summed E-state index contributed by atoms with van der Waals surface area (Å²) < 4.78 is 53.2. The Balaban J connectivity index is 1.18. The Labute approximate surface area is 428 Å². The van der Waals surface area contributed by atoms with E-state index in [0.717, 1.165) is 42.5 Å². The molecule has 15 atom stereocenters. The van der Waals surface area contributed by atoms with Gasteiger partial charge in [0.15, 0.2) is 59.7 Å². The van der Waals surface area contributed by atoms with E-state index >= 15 is 0 Å². The Morgan fingerprint density at radius 2 is 1.16 bits per heavy atom. The molecule has 13 N–H and O–H groups in total. The van der Waals surface area contributed by atoms with Crippen LogP contribution in [0.5, 0.6) is 46.0 Å². The topological polar surface area (TPSA) is 401 Å². The number of phenols is 7. The first kappa shape index (κ1) is 54.7. The molecule has 25 nitrogen and oxygen atoms in total. The SMILES string of the molecule is C[C@H]1O[C@H](OC[C@H]2O[C@@H](Oc3c(-c4ccc(O)c(O)c4)oc4cc(O)cc(O)c4c3=O)[C@H](O[C@H]3O[C@H](C)[C@@H](OC(=O)/C=C/c4ccc(O)c(O)c4)[C@H](O)[C@@H]3O)[C@@H](OC(=O)/C=C/c3ccc(O)cc3)[C@H]2O)[C@@H](O)[C@@H](O)[C@@H]1O. The van der Waals surface area contributed by atoms with Crippen molar-refractivity contribution in [3.63, 3.8) is 0 Å². The molecule has 3 aliphatic heterocycles. The minimum absolute atomic E-state index is 0.0878. The van der Waals surface area contributed by atoms with Crippen molar-refractivity contribution < 1.29 is 118 Å². The summed E-state index contributed by atoms with van der Waals surface area (Å²) in [7, 11) is 0. The second-order valence-corrected chi connectivity index (χ2v) is 17.9. The van der Waals surface area contributed by atoms with Crippen molar-refractivity contribution in [2.75, 3.05) is 6.61 Å². The molecule has 1 aromatic heterocycles. The number of hydrogen-bond donors (Lipinski definition) is 13. The zero-order valence-corrected chi connectivity index (χ0v) is 39.8. The fourth-order valence-electron chi connectivity index (χ4n) is 8.43. The first-order valence-corrected chi connectivity index (χ1v) is 23.2. The van der Waals surface area contributed by atoms with Crippen LogP contribution in [0.1, 0.15) is 25.0 Å². The van der Waals surface area contributed by atoms with Crippen LogP contribution in [0.4, 0.5) is 0 Å². The molecule has 0 radical (unpaired) electrons. The third-order valence-electron chi connectivity index (χ3n) is 12.5. The second-order valence-electron chi connectivity index (χ2n) is 17.9. The number of esters is 2. The molecule has 0 amide bonds. The lowest BCUT2D eigenvalue weighted by Gasteiger charge is -2.47. The van der Waals surface area contributed by atoms with Crippen molar-refractivity contribution in [1.82, 2.24) is 0 Å². The lowest BCUT2D eigenvalue weighted by molar-refractivity contribution is -0.360. The minimum Gasteiger partial charge on any atom is -0.508 e. The van der Waals surface area contributed by atoms with Gasteiger partial charge in [0.1, 0.15) is 70.9 Å². The fraction of sp³-hybridized carbons (Fsp3) is 0.353. The Hall–Kier alpha value is -7.53. The highest BCUT2D eigenvalue weighted by atomic mass is 16.8. The third-order valence-corrected chi connectivity index (χ3v) is 12.5. The molecule has 4 aromatic carbocycles. The Morgan fingerprint density at radius 3 is 1.83 bits per heavy atom. The van der Waals surface area contributed by atoms with E-state index in [2.05, 4.69) is 0 Å². The van der Waals surface area contributed by atoms with Crippen molar-refractivity contribution in [3.05, 3.63) is 106 Å². The monoisotopic (exact) mass is 1060 g/mol. The van der Waals surface area contributed by atoms with Gasteiger partial charge in [0.05, 0.1) is 18.8 Å². The lowest BCUT2D eigenvalue weighted by Crippen LogP contribution is -2.66. The number of aliphatic hydroxyl groups excluding tert-OH is 6. The molecule has 25 heteroatoms. The predicted octanol–water partition coefficient (Wildman–Crippen LogP) is 0.810. The molecule has 5 aromatic rings. The van der Waals surface area contributed by atoms with Crippen LogP contribution < -0.4 is 10.2 Å². The average molecular weight is 1060 g/mol. The smallest absolute Gasteiger partial charge is 0.331 e. The highest BCUT2D eigenvalue weighted by molar-refractivity contribution is 5.89. The largest absolute Gasteiger partial charge is 0.508 e. The van der Waals surface area contributed by atoms with Gasteiger partial charge in [-0.05, 0) is 79.6 Å². The van der Waals surface area contributed by atoms with E-state index in [-0.39, 0.29) is 16.9 Å². The predicted molar refractivity (Wildman–Crippen MR) is 255 cm³/mol. The number of fused-ring (bicyclic) bond motifs is 1. The van der Waals surface area contributed by atoms with Gasteiger partial charge in [-0.3, -0.25) is 4.79 Å². The van der Waals surface area contributed by atoms with Crippen LogP contribution in [0.25, 0.3) is 34.4 Å². The van der Waals surface area contributed by atoms with Gasteiger partial charge in [0.25, 0.3) is 0 Å². The van der Waals surface area contributed by atoms with E-state index < -0.39 is 173 Å². The van der Waals surface area contributed by atoms with Gasteiger partial charge >= 0.3 is 11.9 Å². The maximum Gasteiger partial charge on any atom is 0.331 e. The molecule has 8 rings (SSSR count). The summed E-state index contributed by atoms with van der Waals surface area (Å²) in [4.78, 5) is 41.4. The van der Waals surface area contributed by atoms with Crippen molar-refractivity contribution in [1.29, 1.82) is 0 Å². The number of carbonyl (C=O) groups is 2. The molecule has 76 heavy (non-hydrogen) atoms. The zero-order chi connectivity index (χ0) is 54.9. The van der Waals surface area contributed by atoms with Crippen LogP contribution >= 0.6 is 0 Å². The Morgan fingerprint density at radius 1 is 0.553 bits per heavy atom. The number of aromatic hydroxyl groups is 7. The summed E-state index contributed by atoms with van der Waals surface area (Å²) in [5, 5.41) is 137. The van der Waals surface area contributed by atoms with Crippen molar-refractivity contribution >= 4 is 35.1 Å². The molecule has 0 aliphatic carbocycles. The van der Waals surface area contributed by atoms with Gasteiger partial charge in [-0.1, -0.05) is 18.2 Å². The Bertz CT molecular complexity index is 3030. The van der Waals surface area contributed by atoms with Crippen molar-refractivity contribution in [3.8, 4) is 57.3 Å². The van der Waals surface area contributed by atoms with Gasteiger partial charge in [0, 0.05) is 29.8 Å². The fourth-order valence-corrected chi connectivity index (χ4v) is 8.43. The number of rotatable bonds is 14. The first-order chi connectivity index (χ1) is 36.1. The first-order valence-electron chi connectivity index (χ1n) is 23.2. The van der Waals surface area contributed by atoms with Gasteiger partial charge in [-0.2, -0.15) is 0 Å². The molecule has 3 saturated heterocycles. The molecular weight excluding hydrogens is 1010 g/mol. The average Bonchev–Trinajstić information content (AvgIpc) is 3.37. The van der Waals surface area contributed by atoms with Crippen LogP contribution in [-0.2, 0) is 42.7 Å². The summed E-state index contributed by atoms with van der Waals surface area (Å²) >= 11 is 0. The molecule has 3 aliphatic rings. The molecule has 0 saturated carbocycles. The van der Waals surface area contributed by atoms with Gasteiger partial charge in [0.2, 0.25) is 17.5 Å². The van der Waals surface area contributed by atoms with Crippen molar-refractivity contribution in [2.45, 2.75) is 106 Å². The number of ether oxygens (including phenoxy) is 8. The van der Waals surface area contributed by atoms with Crippen LogP contribution in [0.15, 0.2) is 94.2 Å². The van der Waals surface area contributed by atoms with E-state index in [1.807, 2.05) is 0 Å². The molecule has 0 spiro atoms. The van der Waals surface area contributed by atoms with Crippen LogP contribution in [-0.4, -0.2) is 177 Å². The zero-order valence-electron chi connectivity index (χ0n) is 39.8. The Kier molecular flexibility index (Phi) is 16.4. The molecular formula is C51H52O25. The molecule has 0 unspecified atom stereocenters. The minimum atomic E-state index is -2.22. The quantitative estimate of drug-likeness (QED) is 0.0416. The third kappa shape index (κ3) is 11.8. The van der Waals surface area contributed by atoms with Gasteiger partial charge in [-0.25, -0.2) is 9.59 Å². The van der Waals surface area contributed by atoms with Gasteiger partial charge in [-0.15, -0.1) is 0 Å². The van der Waals surface area contributed by atoms with Crippen LogP contribution in [0.2, 0.25) is 0 Å². The molecule has 0 bridgehead atoms. The van der Waals surface area contributed by atoms with E-state index in [1.165, 1.54) is 68.5 Å². The number of benzene rings is 4. The molecule has 3 fully saturated rings. The van der Waals surface area contributed by atoms with E-state index in [0.29, 0.717) is 5.56 Å². The summed E-state index contributed by atoms with van der Waals surface area (Å²) in [6, 6.07) is 14.1. The highest BCUT2D eigenvalue weighted by Gasteiger charge is 2.55. The molecule has 406 valence electrons. The van der Waals surface area contributed by atoms with Crippen LogP contribution in [0, 0.1) is 0 Å². The van der Waals surface area contributed by atoms with E-state index in [9.17, 15) is 80.8 Å². The number of phenolic OH excluding ortho intramolecular Hbond substituents is 7. The summed E-state index contributed by atoms with van der Waals surface area (Å²) in [5.41, 5.74) is -1.15. The summed E-state index contributed by atoms with van der Waals surface area (Å²) in [6.45, 7) is 1.85. The van der Waals surface area contributed by atoms with E-state index in [4.69, 9.17) is 42.3 Å².